The maximum Gasteiger partial charge on any atom is 0.0273 e. The van der Waals surface area contributed by atoms with Crippen molar-refractivity contribution in [2.24, 2.45) is 23.5 Å². The monoisotopic (exact) mass is 224 g/mol. The lowest BCUT2D eigenvalue weighted by Gasteiger charge is -2.47. The lowest BCUT2D eigenvalue weighted by Crippen LogP contribution is -2.56. The van der Waals surface area contributed by atoms with Crippen LogP contribution in [0.25, 0.3) is 0 Å². The summed E-state index contributed by atoms with van der Waals surface area (Å²) in [5, 5.41) is 0. The van der Waals surface area contributed by atoms with Gasteiger partial charge in [-0.15, -0.1) is 0 Å². The zero-order chi connectivity index (χ0) is 11.7. The molecule has 2 nitrogen and oxygen atoms in total. The minimum absolute atomic E-state index is 0.407. The molecular weight excluding hydrogens is 196 g/mol. The predicted molar refractivity (Wildman–Crippen MR) is 69.3 cm³/mol. The van der Waals surface area contributed by atoms with Crippen LogP contribution in [-0.2, 0) is 0 Å². The first kappa shape index (κ1) is 12.4. The first-order valence-electron chi connectivity index (χ1n) is 7.07. The molecule has 0 radical (unpaired) electrons. The van der Waals surface area contributed by atoms with E-state index in [1.807, 2.05) is 0 Å². The Hall–Kier alpha value is -0.0800. The molecule has 1 heterocycles. The van der Waals surface area contributed by atoms with Crippen LogP contribution in [0.5, 0.6) is 0 Å². The van der Waals surface area contributed by atoms with Crippen LogP contribution >= 0.6 is 0 Å². The van der Waals surface area contributed by atoms with Gasteiger partial charge in [0.15, 0.2) is 0 Å². The SMILES string of the molecule is CC1CC(C)C(N2CCCC(C)C2)C(N)C1. The van der Waals surface area contributed by atoms with Crippen molar-refractivity contribution in [1.29, 1.82) is 0 Å². The van der Waals surface area contributed by atoms with E-state index in [2.05, 4.69) is 25.7 Å². The van der Waals surface area contributed by atoms with Gasteiger partial charge in [-0.3, -0.25) is 4.90 Å². The molecular formula is C14H28N2. The average Bonchev–Trinajstić information content (AvgIpc) is 2.15. The summed E-state index contributed by atoms with van der Waals surface area (Å²) in [6.45, 7) is 9.69. The fraction of sp³-hybridized carbons (Fsp3) is 1.00. The molecule has 1 saturated carbocycles. The third-order valence-corrected chi connectivity index (χ3v) is 4.58. The Morgan fingerprint density at radius 3 is 2.44 bits per heavy atom. The normalized spacial score (nSPS) is 46.9. The summed E-state index contributed by atoms with van der Waals surface area (Å²) < 4.78 is 0. The summed E-state index contributed by atoms with van der Waals surface area (Å²) in [4.78, 5) is 2.69. The zero-order valence-corrected chi connectivity index (χ0v) is 11.2. The van der Waals surface area contributed by atoms with Crippen LogP contribution in [0.2, 0.25) is 0 Å². The minimum Gasteiger partial charge on any atom is -0.326 e. The number of piperidine rings is 1. The molecule has 2 N–H and O–H groups in total. The molecule has 5 atom stereocenters. The quantitative estimate of drug-likeness (QED) is 0.741. The van der Waals surface area contributed by atoms with Gasteiger partial charge >= 0.3 is 0 Å². The van der Waals surface area contributed by atoms with Crippen molar-refractivity contribution in [2.75, 3.05) is 13.1 Å². The first-order valence-corrected chi connectivity index (χ1v) is 7.07. The van der Waals surface area contributed by atoms with Gasteiger partial charge in [-0.25, -0.2) is 0 Å². The second-order valence-corrected chi connectivity index (χ2v) is 6.45. The Balaban J connectivity index is 2.01. The van der Waals surface area contributed by atoms with Crippen LogP contribution in [0.4, 0.5) is 0 Å². The van der Waals surface area contributed by atoms with Crippen molar-refractivity contribution in [2.45, 2.75) is 58.5 Å². The molecule has 2 rings (SSSR count). The Kier molecular flexibility index (Phi) is 3.91. The van der Waals surface area contributed by atoms with Gasteiger partial charge < -0.3 is 5.73 Å². The Morgan fingerprint density at radius 2 is 1.81 bits per heavy atom. The maximum atomic E-state index is 6.39. The van der Waals surface area contributed by atoms with E-state index in [9.17, 15) is 0 Å². The lowest BCUT2D eigenvalue weighted by molar-refractivity contribution is 0.0449. The summed E-state index contributed by atoms with van der Waals surface area (Å²) in [6.07, 6.45) is 5.36. The van der Waals surface area contributed by atoms with Crippen LogP contribution in [0.1, 0.15) is 46.5 Å². The van der Waals surface area contributed by atoms with Crippen molar-refractivity contribution >= 4 is 0 Å². The van der Waals surface area contributed by atoms with Crippen LogP contribution < -0.4 is 5.73 Å². The van der Waals surface area contributed by atoms with E-state index in [-0.39, 0.29) is 0 Å². The van der Waals surface area contributed by atoms with E-state index in [1.54, 1.807) is 0 Å². The lowest BCUT2D eigenvalue weighted by atomic mass is 9.75. The highest BCUT2D eigenvalue weighted by Gasteiger charge is 2.36. The molecule has 1 aliphatic carbocycles. The van der Waals surface area contributed by atoms with Crippen LogP contribution in [0.15, 0.2) is 0 Å². The van der Waals surface area contributed by atoms with Gasteiger partial charge in [-0.05, 0) is 50.0 Å². The van der Waals surface area contributed by atoms with Crippen LogP contribution in [0, 0.1) is 17.8 Å². The highest BCUT2D eigenvalue weighted by molar-refractivity contribution is 4.93. The predicted octanol–water partition coefficient (Wildman–Crippen LogP) is 2.48. The first-order chi connectivity index (χ1) is 7.58. The molecule has 0 aromatic rings. The Morgan fingerprint density at radius 1 is 1.06 bits per heavy atom. The van der Waals surface area contributed by atoms with Gasteiger partial charge in [0.1, 0.15) is 0 Å². The smallest absolute Gasteiger partial charge is 0.0273 e. The second kappa shape index (κ2) is 5.05. The molecule has 1 aliphatic heterocycles. The third kappa shape index (κ3) is 2.60. The van der Waals surface area contributed by atoms with Crippen molar-refractivity contribution in [3.63, 3.8) is 0 Å². The van der Waals surface area contributed by atoms with Gasteiger partial charge in [0.2, 0.25) is 0 Å². The van der Waals surface area contributed by atoms with Gasteiger partial charge in [0.05, 0.1) is 0 Å². The molecule has 5 unspecified atom stereocenters. The fourth-order valence-electron chi connectivity index (χ4n) is 4.02. The largest absolute Gasteiger partial charge is 0.326 e. The number of nitrogens with zero attached hydrogens (tertiary/aromatic N) is 1. The van der Waals surface area contributed by atoms with Gasteiger partial charge in [0, 0.05) is 18.6 Å². The molecule has 0 amide bonds. The van der Waals surface area contributed by atoms with Gasteiger partial charge in [-0.1, -0.05) is 20.8 Å². The minimum atomic E-state index is 0.407. The van der Waals surface area contributed by atoms with Crippen molar-refractivity contribution in [3.8, 4) is 0 Å². The van der Waals surface area contributed by atoms with Gasteiger partial charge in [-0.2, -0.15) is 0 Å². The van der Waals surface area contributed by atoms with E-state index < -0.39 is 0 Å². The molecule has 2 aliphatic rings. The van der Waals surface area contributed by atoms with E-state index >= 15 is 0 Å². The van der Waals surface area contributed by atoms with E-state index in [1.165, 1.54) is 38.8 Å². The van der Waals surface area contributed by atoms with Crippen LogP contribution in [0.3, 0.4) is 0 Å². The molecule has 0 spiro atoms. The summed E-state index contributed by atoms with van der Waals surface area (Å²) >= 11 is 0. The third-order valence-electron chi connectivity index (χ3n) is 4.58. The number of rotatable bonds is 1. The topological polar surface area (TPSA) is 29.3 Å². The van der Waals surface area contributed by atoms with Crippen molar-refractivity contribution < 1.29 is 0 Å². The fourth-order valence-corrected chi connectivity index (χ4v) is 4.02. The number of nitrogens with two attached hydrogens (primary N) is 1. The van der Waals surface area contributed by atoms with Crippen LogP contribution in [-0.4, -0.2) is 30.1 Å². The molecule has 0 aromatic carbocycles. The number of likely N-dealkylation sites (tertiary alicyclic amines) is 1. The molecule has 2 heteroatoms. The Bertz CT molecular complexity index is 217. The van der Waals surface area contributed by atoms with Crippen molar-refractivity contribution in [1.82, 2.24) is 4.90 Å². The average molecular weight is 224 g/mol. The molecule has 0 bridgehead atoms. The highest BCUT2D eigenvalue weighted by atomic mass is 15.2. The molecule has 2 fully saturated rings. The second-order valence-electron chi connectivity index (χ2n) is 6.45. The number of hydrogen-bond acceptors (Lipinski definition) is 2. The van der Waals surface area contributed by atoms with E-state index in [0.29, 0.717) is 12.1 Å². The summed E-state index contributed by atoms with van der Waals surface area (Å²) in [5.74, 6) is 2.47. The molecule has 94 valence electrons. The summed E-state index contributed by atoms with van der Waals surface area (Å²) in [5.41, 5.74) is 6.39. The molecule has 16 heavy (non-hydrogen) atoms. The van der Waals surface area contributed by atoms with Gasteiger partial charge in [0.25, 0.3) is 0 Å². The van der Waals surface area contributed by atoms with Crippen molar-refractivity contribution in [3.05, 3.63) is 0 Å². The zero-order valence-electron chi connectivity index (χ0n) is 11.2. The molecule has 1 saturated heterocycles. The van der Waals surface area contributed by atoms with E-state index in [0.717, 1.165) is 17.8 Å². The summed E-state index contributed by atoms with van der Waals surface area (Å²) in [7, 11) is 0. The Labute approximate surface area is 101 Å². The number of hydrogen-bond donors (Lipinski definition) is 1. The highest BCUT2D eigenvalue weighted by Crippen LogP contribution is 2.33. The standard InChI is InChI=1S/C14H28N2/c1-10-5-4-6-16(9-10)14-12(3)7-11(2)8-13(14)15/h10-14H,4-9,15H2,1-3H3. The van der Waals surface area contributed by atoms with E-state index in [4.69, 9.17) is 5.73 Å². The summed E-state index contributed by atoms with van der Waals surface area (Å²) in [6, 6.07) is 1.06. The maximum absolute atomic E-state index is 6.39. The molecule has 0 aromatic heterocycles.